The standard InChI is InChI=1S/C19H27NO3S/c1-14-6-10-17(11-7-14)24(22,23)19-5-3-2-4-18(19)20-16-9-8-15(12-16)13-21/h6-11,15-16,18-21H,2-5,12-13H2,1H3/t15-,16+,18+,19+/m0/s1. The van der Waals surface area contributed by atoms with Crippen molar-refractivity contribution in [2.45, 2.75) is 61.3 Å². The van der Waals surface area contributed by atoms with Gasteiger partial charge >= 0.3 is 0 Å². The van der Waals surface area contributed by atoms with Gasteiger partial charge in [-0.1, -0.05) is 42.7 Å². The molecule has 3 rings (SSSR count). The summed E-state index contributed by atoms with van der Waals surface area (Å²) in [6.07, 6.45) is 8.60. The number of aryl methyl sites for hydroxylation is 1. The summed E-state index contributed by atoms with van der Waals surface area (Å²) in [5.41, 5.74) is 1.07. The van der Waals surface area contributed by atoms with Crippen molar-refractivity contribution in [3.8, 4) is 0 Å². The van der Waals surface area contributed by atoms with Crippen LogP contribution in [0.2, 0.25) is 0 Å². The molecule has 0 amide bonds. The number of aliphatic hydroxyl groups is 1. The van der Waals surface area contributed by atoms with Gasteiger partial charge < -0.3 is 10.4 Å². The maximum absolute atomic E-state index is 13.1. The van der Waals surface area contributed by atoms with Gasteiger partial charge in [0, 0.05) is 24.6 Å². The summed E-state index contributed by atoms with van der Waals surface area (Å²) in [7, 11) is -3.32. The maximum Gasteiger partial charge on any atom is 0.182 e. The lowest BCUT2D eigenvalue weighted by atomic mass is 9.94. The van der Waals surface area contributed by atoms with E-state index in [4.69, 9.17) is 0 Å². The Morgan fingerprint density at radius 1 is 1.12 bits per heavy atom. The Bertz CT molecular complexity index is 681. The summed E-state index contributed by atoms with van der Waals surface area (Å²) in [5.74, 6) is 0.193. The molecule has 132 valence electrons. The number of nitrogens with one attached hydrogen (secondary N) is 1. The Kier molecular flexibility index (Phi) is 5.42. The molecule has 2 aliphatic rings. The van der Waals surface area contributed by atoms with Gasteiger partial charge in [0.05, 0.1) is 10.1 Å². The second kappa shape index (κ2) is 7.38. The van der Waals surface area contributed by atoms with Gasteiger partial charge in [-0.25, -0.2) is 8.42 Å². The van der Waals surface area contributed by atoms with Crippen molar-refractivity contribution in [1.82, 2.24) is 5.32 Å². The first kappa shape index (κ1) is 17.6. The highest BCUT2D eigenvalue weighted by atomic mass is 32.2. The molecule has 4 atom stereocenters. The molecule has 2 aliphatic carbocycles. The van der Waals surface area contributed by atoms with Crippen LogP contribution in [0.25, 0.3) is 0 Å². The highest BCUT2D eigenvalue weighted by Crippen LogP contribution is 2.30. The highest BCUT2D eigenvalue weighted by Gasteiger charge is 2.37. The molecule has 1 saturated carbocycles. The van der Waals surface area contributed by atoms with Crippen molar-refractivity contribution < 1.29 is 13.5 Å². The summed E-state index contributed by atoms with van der Waals surface area (Å²) in [6, 6.07) is 7.34. The Labute approximate surface area is 144 Å². The van der Waals surface area contributed by atoms with Gasteiger partial charge in [-0.05, 0) is 38.3 Å². The maximum atomic E-state index is 13.1. The van der Waals surface area contributed by atoms with Gasteiger partial charge in [0.25, 0.3) is 0 Å². The number of rotatable bonds is 5. The lowest BCUT2D eigenvalue weighted by Crippen LogP contribution is -2.49. The molecular weight excluding hydrogens is 322 g/mol. The van der Waals surface area contributed by atoms with Gasteiger partial charge in [0.2, 0.25) is 0 Å². The van der Waals surface area contributed by atoms with E-state index in [2.05, 4.69) is 11.4 Å². The normalized spacial score (nSPS) is 30.6. The molecule has 24 heavy (non-hydrogen) atoms. The Morgan fingerprint density at radius 2 is 1.83 bits per heavy atom. The second-order valence-electron chi connectivity index (χ2n) is 7.12. The molecule has 5 heteroatoms. The molecule has 1 aromatic carbocycles. The molecule has 0 unspecified atom stereocenters. The molecule has 1 aromatic rings. The summed E-state index contributed by atoms with van der Waals surface area (Å²) < 4.78 is 26.2. The third kappa shape index (κ3) is 3.73. The predicted molar refractivity (Wildman–Crippen MR) is 95.7 cm³/mol. The van der Waals surface area contributed by atoms with Crippen molar-refractivity contribution in [1.29, 1.82) is 0 Å². The molecular formula is C19H27NO3S. The first-order chi connectivity index (χ1) is 11.5. The van der Waals surface area contributed by atoms with E-state index in [-0.39, 0.29) is 29.9 Å². The lowest BCUT2D eigenvalue weighted by Gasteiger charge is -2.34. The van der Waals surface area contributed by atoms with Gasteiger partial charge in [-0.15, -0.1) is 0 Å². The van der Waals surface area contributed by atoms with Crippen molar-refractivity contribution in [2.24, 2.45) is 5.92 Å². The number of benzene rings is 1. The quantitative estimate of drug-likeness (QED) is 0.802. The fraction of sp³-hybridized carbons (Fsp3) is 0.579. The van der Waals surface area contributed by atoms with Gasteiger partial charge in [0.1, 0.15) is 0 Å². The minimum atomic E-state index is -3.32. The average Bonchev–Trinajstić information content (AvgIpc) is 3.03. The fourth-order valence-electron chi connectivity index (χ4n) is 3.87. The van der Waals surface area contributed by atoms with E-state index >= 15 is 0 Å². The van der Waals surface area contributed by atoms with Crippen molar-refractivity contribution in [3.63, 3.8) is 0 Å². The van der Waals surface area contributed by atoms with E-state index in [1.807, 2.05) is 25.1 Å². The highest BCUT2D eigenvalue weighted by molar-refractivity contribution is 7.92. The van der Waals surface area contributed by atoms with E-state index in [1.165, 1.54) is 0 Å². The van der Waals surface area contributed by atoms with Crippen LogP contribution in [0.4, 0.5) is 0 Å². The van der Waals surface area contributed by atoms with E-state index in [0.29, 0.717) is 11.3 Å². The van der Waals surface area contributed by atoms with Crippen LogP contribution in [-0.2, 0) is 9.84 Å². The van der Waals surface area contributed by atoms with Crippen LogP contribution in [0.15, 0.2) is 41.3 Å². The SMILES string of the molecule is Cc1ccc(S(=O)(=O)[C@@H]2CCCC[C@H]2N[C@@H]2C=C[C@H](CO)C2)cc1. The Balaban J connectivity index is 1.76. The Morgan fingerprint density at radius 3 is 2.50 bits per heavy atom. The molecule has 0 aliphatic heterocycles. The van der Waals surface area contributed by atoms with E-state index in [9.17, 15) is 13.5 Å². The fourth-order valence-corrected chi connectivity index (χ4v) is 5.86. The molecule has 0 aromatic heterocycles. The van der Waals surface area contributed by atoms with Crippen LogP contribution in [0.1, 0.15) is 37.7 Å². The number of hydrogen-bond donors (Lipinski definition) is 2. The summed E-state index contributed by atoms with van der Waals surface area (Å²) in [4.78, 5) is 0.432. The first-order valence-corrected chi connectivity index (χ1v) is 10.4. The zero-order valence-corrected chi connectivity index (χ0v) is 15.0. The smallest absolute Gasteiger partial charge is 0.182 e. The first-order valence-electron chi connectivity index (χ1n) is 8.86. The van der Waals surface area contributed by atoms with E-state index < -0.39 is 9.84 Å². The third-order valence-electron chi connectivity index (χ3n) is 5.29. The van der Waals surface area contributed by atoms with E-state index in [1.54, 1.807) is 12.1 Å². The second-order valence-corrected chi connectivity index (χ2v) is 9.29. The van der Waals surface area contributed by atoms with Crippen molar-refractivity contribution in [2.75, 3.05) is 6.61 Å². The monoisotopic (exact) mass is 349 g/mol. The summed E-state index contributed by atoms with van der Waals surface area (Å²) >= 11 is 0. The van der Waals surface area contributed by atoms with Crippen molar-refractivity contribution in [3.05, 3.63) is 42.0 Å². The molecule has 1 fully saturated rings. The summed E-state index contributed by atoms with van der Waals surface area (Å²) in [5, 5.41) is 12.4. The van der Waals surface area contributed by atoms with Crippen LogP contribution < -0.4 is 5.32 Å². The number of aliphatic hydroxyl groups excluding tert-OH is 1. The van der Waals surface area contributed by atoms with Gasteiger partial charge in [0.15, 0.2) is 9.84 Å². The zero-order chi connectivity index (χ0) is 17.2. The minimum absolute atomic E-state index is 0.0165. The van der Waals surface area contributed by atoms with Crippen LogP contribution in [0.5, 0.6) is 0 Å². The van der Waals surface area contributed by atoms with Crippen LogP contribution >= 0.6 is 0 Å². The van der Waals surface area contributed by atoms with Gasteiger partial charge in [-0.3, -0.25) is 0 Å². The zero-order valence-electron chi connectivity index (χ0n) is 14.2. The number of hydrogen-bond acceptors (Lipinski definition) is 4. The van der Waals surface area contributed by atoms with Crippen LogP contribution in [0, 0.1) is 12.8 Å². The van der Waals surface area contributed by atoms with Crippen molar-refractivity contribution >= 4 is 9.84 Å². The molecule has 0 spiro atoms. The molecule has 0 bridgehead atoms. The largest absolute Gasteiger partial charge is 0.396 e. The topological polar surface area (TPSA) is 66.4 Å². The van der Waals surface area contributed by atoms with Crippen LogP contribution in [-0.4, -0.2) is 37.5 Å². The molecule has 4 nitrogen and oxygen atoms in total. The van der Waals surface area contributed by atoms with E-state index in [0.717, 1.165) is 31.2 Å². The van der Waals surface area contributed by atoms with Crippen LogP contribution in [0.3, 0.4) is 0 Å². The predicted octanol–water partition coefficient (Wildman–Crippen LogP) is 2.61. The Hall–Kier alpha value is -1.17. The molecule has 0 saturated heterocycles. The lowest BCUT2D eigenvalue weighted by molar-refractivity contribution is 0.242. The number of sulfone groups is 1. The molecule has 0 radical (unpaired) electrons. The summed E-state index contributed by atoms with van der Waals surface area (Å²) in [6.45, 7) is 2.12. The minimum Gasteiger partial charge on any atom is -0.396 e. The third-order valence-corrected chi connectivity index (χ3v) is 7.58. The average molecular weight is 349 g/mol. The molecule has 2 N–H and O–H groups in total. The van der Waals surface area contributed by atoms with Gasteiger partial charge in [-0.2, -0.15) is 0 Å². The molecule has 0 heterocycles.